The van der Waals surface area contributed by atoms with Gasteiger partial charge in [0, 0.05) is 31.7 Å². The molecule has 0 N–H and O–H groups in total. The normalized spacial score (nSPS) is 16.1. The van der Waals surface area contributed by atoms with Crippen molar-refractivity contribution in [3.05, 3.63) is 64.4 Å². The number of benzene rings is 2. The van der Waals surface area contributed by atoms with Crippen molar-refractivity contribution in [3.8, 4) is 0 Å². The van der Waals surface area contributed by atoms with Crippen LogP contribution in [0.3, 0.4) is 0 Å². The molecule has 1 fully saturated rings. The molecule has 0 unspecified atom stereocenters. The molecule has 2 aromatic carbocycles. The molecule has 0 aliphatic carbocycles. The molecule has 0 radical (unpaired) electrons. The largest absolute Gasteiger partial charge is 0.417 e. The highest BCUT2D eigenvalue weighted by atomic mass is 35.5. The first kappa shape index (κ1) is 21.5. The van der Waals surface area contributed by atoms with Crippen LogP contribution in [0.15, 0.2) is 47.4 Å². The van der Waals surface area contributed by atoms with E-state index in [1.54, 1.807) is 0 Å². The Balaban J connectivity index is 1.75. The highest BCUT2D eigenvalue weighted by molar-refractivity contribution is 7.89. The maximum Gasteiger partial charge on any atom is 0.417 e. The lowest BCUT2D eigenvalue weighted by atomic mass is 10.2. The quantitative estimate of drug-likeness (QED) is 0.671. The van der Waals surface area contributed by atoms with Crippen LogP contribution in [-0.2, 0) is 16.2 Å². The minimum absolute atomic E-state index is 0.0508. The first-order valence-electron chi connectivity index (χ1n) is 8.42. The number of amides is 1. The van der Waals surface area contributed by atoms with Crippen LogP contribution in [0, 0.1) is 5.82 Å². The number of rotatable bonds is 3. The summed E-state index contributed by atoms with van der Waals surface area (Å²) in [5.74, 6) is -0.869. The number of nitrogens with zero attached hydrogens (tertiary/aromatic N) is 2. The molecule has 29 heavy (non-hydrogen) atoms. The van der Waals surface area contributed by atoms with E-state index in [1.165, 1.54) is 17.0 Å². The summed E-state index contributed by atoms with van der Waals surface area (Å²) in [6, 6.07) is 7.36. The highest BCUT2D eigenvalue weighted by Gasteiger charge is 2.36. The Morgan fingerprint density at radius 3 is 2.10 bits per heavy atom. The van der Waals surface area contributed by atoms with Gasteiger partial charge >= 0.3 is 6.18 Å². The monoisotopic (exact) mass is 450 g/mol. The summed E-state index contributed by atoms with van der Waals surface area (Å²) in [5.41, 5.74) is -0.972. The second-order valence-corrected chi connectivity index (χ2v) is 8.69. The highest BCUT2D eigenvalue weighted by Crippen LogP contribution is 2.36. The minimum atomic E-state index is -4.79. The van der Waals surface area contributed by atoms with Crippen LogP contribution in [0.25, 0.3) is 0 Å². The number of alkyl halides is 3. The molecule has 0 aromatic heterocycles. The van der Waals surface area contributed by atoms with Crippen LogP contribution in [0.4, 0.5) is 17.6 Å². The lowest BCUT2D eigenvalue weighted by Gasteiger charge is -2.34. The molecular weight excluding hydrogens is 436 g/mol. The molecule has 5 nitrogen and oxygen atoms in total. The lowest BCUT2D eigenvalue weighted by Crippen LogP contribution is -2.50. The van der Waals surface area contributed by atoms with Crippen molar-refractivity contribution in [1.29, 1.82) is 0 Å². The van der Waals surface area contributed by atoms with Crippen LogP contribution in [0.1, 0.15) is 15.9 Å². The van der Waals surface area contributed by atoms with E-state index in [0.717, 1.165) is 28.6 Å². The summed E-state index contributed by atoms with van der Waals surface area (Å²) >= 11 is 5.54. The van der Waals surface area contributed by atoms with Gasteiger partial charge in [-0.15, -0.1) is 0 Å². The third-order valence-corrected chi connectivity index (χ3v) is 6.72. The van der Waals surface area contributed by atoms with Gasteiger partial charge in [-0.3, -0.25) is 4.79 Å². The van der Waals surface area contributed by atoms with E-state index < -0.39 is 37.5 Å². The molecule has 1 heterocycles. The Morgan fingerprint density at radius 2 is 1.55 bits per heavy atom. The van der Waals surface area contributed by atoms with Crippen molar-refractivity contribution in [2.24, 2.45) is 0 Å². The van der Waals surface area contributed by atoms with Crippen molar-refractivity contribution < 1.29 is 30.8 Å². The summed E-state index contributed by atoms with van der Waals surface area (Å²) in [4.78, 5) is 13.3. The molecule has 0 saturated carbocycles. The Kier molecular flexibility index (Phi) is 5.88. The van der Waals surface area contributed by atoms with E-state index in [1.807, 2.05) is 0 Å². The number of halogens is 5. The van der Waals surface area contributed by atoms with Crippen LogP contribution in [0.2, 0.25) is 5.02 Å². The van der Waals surface area contributed by atoms with Crippen LogP contribution in [-0.4, -0.2) is 49.7 Å². The van der Waals surface area contributed by atoms with Crippen molar-refractivity contribution in [3.63, 3.8) is 0 Å². The lowest BCUT2D eigenvalue weighted by molar-refractivity contribution is -0.137. The topological polar surface area (TPSA) is 57.7 Å². The molecule has 0 atom stereocenters. The molecule has 0 spiro atoms. The third kappa shape index (κ3) is 4.54. The molecule has 1 aliphatic heterocycles. The maximum atomic E-state index is 13.0. The SMILES string of the molecule is O=C(c1ccc(F)cc1)N1CCN(S(=O)(=O)c2ccc(Cl)c(C(F)(F)F)c2)CC1. The van der Waals surface area contributed by atoms with Crippen LogP contribution >= 0.6 is 11.6 Å². The van der Waals surface area contributed by atoms with Gasteiger partial charge in [0.1, 0.15) is 5.82 Å². The van der Waals surface area contributed by atoms with Crippen molar-refractivity contribution in [2.75, 3.05) is 26.2 Å². The number of carbonyl (C=O) groups excluding carboxylic acids is 1. The number of hydrogen-bond acceptors (Lipinski definition) is 3. The second kappa shape index (κ2) is 7.92. The fourth-order valence-corrected chi connectivity index (χ4v) is 4.61. The molecule has 1 aliphatic rings. The van der Waals surface area contributed by atoms with E-state index in [4.69, 9.17) is 11.6 Å². The third-order valence-electron chi connectivity index (χ3n) is 4.50. The van der Waals surface area contributed by atoms with Gasteiger partial charge in [-0.05, 0) is 42.5 Å². The van der Waals surface area contributed by atoms with Gasteiger partial charge in [0.25, 0.3) is 5.91 Å². The summed E-state index contributed by atoms with van der Waals surface area (Å²) in [5, 5.41) is -0.592. The molecule has 11 heteroatoms. The van der Waals surface area contributed by atoms with Gasteiger partial charge in [-0.1, -0.05) is 11.6 Å². The van der Waals surface area contributed by atoms with Crippen LogP contribution < -0.4 is 0 Å². The van der Waals surface area contributed by atoms with Crippen molar-refractivity contribution in [1.82, 2.24) is 9.21 Å². The first-order valence-corrected chi connectivity index (χ1v) is 10.2. The minimum Gasteiger partial charge on any atom is -0.336 e. The van der Waals surface area contributed by atoms with Crippen LogP contribution in [0.5, 0.6) is 0 Å². The van der Waals surface area contributed by atoms with Gasteiger partial charge in [-0.2, -0.15) is 17.5 Å². The average Bonchev–Trinajstić information content (AvgIpc) is 2.67. The molecular formula is C18H15ClF4N2O3S. The number of carbonyl (C=O) groups is 1. The fraction of sp³-hybridized carbons (Fsp3) is 0.278. The maximum absolute atomic E-state index is 13.0. The fourth-order valence-electron chi connectivity index (χ4n) is 2.94. The molecule has 1 saturated heterocycles. The predicted molar refractivity (Wildman–Crippen MR) is 97.5 cm³/mol. The Bertz CT molecular complexity index is 1020. The average molecular weight is 451 g/mol. The first-order chi connectivity index (χ1) is 13.5. The second-order valence-electron chi connectivity index (χ2n) is 6.34. The zero-order valence-electron chi connectivity index (χ0n) is 14.8. The van der Waals surface area contributed by atoms with E-state index in [-0.39, 0.29) is 37.6 Å². The molecule has 0 bridgehead atoms. The summed E-state index contributed by atoms with van der Waals surface area (Å²) < 4.78 is 78.5. The van der Waals surface area contributed by atoms with E-state index in [2.05, 4.69) is 0 Å². The Labute approximate surface area is 169 Å². The zero-order valence-corrected chi connectivity index (χ0v) is 16.4. The van der Waals surface area contributed by atoms with Gasteiger partial charge in [0.15, 0.2) is 0 Å². The smallest absolute Gasteiger partial charge is 0.336 e. The summed E-state index contributed by atoms with van der Waals surface area (Å²) in [6.45, 7) is -0.0667. The molecule has 156 valence electrons. The summed E-state index contributed by atoms with van der Waals surface area (Å²) in [6.07, 6.45) is -4.79. The summed E-state index contributed by atoms with van der Waals surface area (Å²) in [7, 11) is -4.19. The van der Waals surface area contributed by atoms with Crippen molar-refractivity contribution >= 4 is 27.5 Å². The van der Waals surface area contributed by atoms with E-state index in [0.29, 0.717) is 6.07 Å². The number of piperazine rings is 1. The Morgan fingerprint density at radius 1 is 0.966 bits per heavy atom. The molecule has 1 amide bonds. The van der Waals surface area contributed by atoms with E-state index >= 15 is 0 Å². The van der Waals surface area contributed by atoms with Gasteiger partial charge in [0.2, 0.25) is 10.0 Å². The number of sulfonamides is 1. The zero-order chi connectivity index (χ0) is 21.4. The standard InChI is InChI=1S/C18H15ClF4N2O3S/c19-16-6-5-14(11-15(16)18(21,22)23)29(27,28)25-9-7-24(8-10-25)17(26)12-1-3-13(20)4-2-12/h1-6,11H,7-10H2. The van der Waals surface area contributed by atoms with Crippen molar-refractivity contribution in [2.45, 2.75) is 11.1 Å². The Hall–Kier alpha value is -2.17. The molecule has 3 rings (SSSR count). The van der Waals surface area contributed by atoms with Gasteiger partial charge in [-0.25, -0.2) is 12.8 Å². The van der Waals surface area contributed by atoms with Gasteiger partial charge in [0.05, 0.1) is 15.5 Å². The predicted octanol–water partition coefficient (Wildman–Crippen LogP) is 3.64. The molecule has 2 aromatic rings. The van der Waals surface area contributed by atoms with E-state index in [9.17, 15) is 30.8 Å². The van der Waals surface area contributed by atoms with Gasteiger partial charge < -0.3 is 4.90 Å². The number of hydrogen-bond donors (Lipinski definition) is 0.